The third-order valence-electron chi connectivity index (χ3n) is 2.92. The molecule has 1 heterocycles. The monoisotopic (exact) mass is 301 g/mol. The number of hydrazine groups is 1. The average molecular weight is 301 g/mol. The van der Waals surface area contributed by atoms with Gasteiger partial charge in [-0.3, -0.25) is 11.3 Å². The summed E-state index contributed by atoms with van der Waals surface area (Å²) in [6.45, 7) is 11.6. The molecule has 0 radical (unpaired) electrons. The maximum absolute atomic E-state index is 5.64. The van der Waals surface area contributed by atoms with Crippen LogP contribution in [-0.2, 0) is 21.3 Å². The molecule has 0 saturated carbocycles. The first-order valence-electron chi connectivity index (χ1n) is 7.06. The number of hydrogen-bond donors (Lipinski definition) is 2. The van der Waals surface area contributed by atoms with Crippen molar-refractivity contribution in [2.45, 2.75) is 58.8 Å². The Morgan fingerprint density at radius 1 is 1.30 bits per heavy atom. The molecule has 0 aliphatic heterocycles. The largest absolute Gasteiger partial charge is 0.351 e. The minimum atomic E-state index is -0.350. The minimum absolute atomic E-state index is 0.0691. The van der Waals surface area contributed by atoms with Crippen LogP contribution in [0.4, 0.5) is 0 Å². The molecular weight excluding hydrogens is 274 g/mol. The van der Waals surface area contributed by atoms with Gasteiger partial charge in [0.2, 0.25) is 0 Å². The van der Waals surface area contributed by atoms with E-state index in [2.05, 4.69) is 36.6 Å². The molecule has 116 valence electrons. The zero-order chi connectivity index (χ0) is 15.2. The topological polar surface area (TPSA) is 69.4 Å². The van der Waals surface area contributed by atoms with Gasteiger partial charge in [-0.15, -0.1) is 11.3 Å². The van der Waals surface area contributed by atoms with E-state index in [1.807, 2.05) is 13.8 Å². The number of nitrogens with one attached hydrogen (secondary N) is 1. The number of aromatic nitrogens is 1. The molecule has 1 aromatic rings. The molecular formula is C14H27N3O2S. The van der Waals surface area contributed by atoms with Gasteiger partial charge in [0.05, 0.1) is 16.7 Å². The number of ether oxygens (including phenoxy) is 2. The molecule has 0 amide bonds. The van der Waals surface area contributed by atoms with Gasteiger partial charge in [0.1, 0.15) is 0 Å². The molecule has 1 rings (SSSR count). The summed E-state index contributed by atoms with van der Waals surface area (Å²) in [5, 5.41) is 3.15. The van der Waals surface area contributed by atoms with E-state index < -0.39 is 0 Å². The smallest absolute Gasteiger partial charge is 0.174 e. The third kappa shape index (κ3) is 5.10. The molecule has 3 N–H and O–H groups in total. The van der Waals surface area contributed by atoms with E-state index in [0.29, 0.717) is 19.6 Å². The molecule has 0 fully saturated rings. The summed E-state index contributed by atoms with van der Waals surface area (Å²) in [5.41, 5.74) is 3.96. The Balaban J connectivity index is 2.74. The summed E-state index contributed by atoms with van der Waals surface area (Å²) in [6.07, 6.45) is 0.346. The van der Waals surface area contributed by atoms with E-state index in [4.69, 9.17) is 15.3 Å². The lowest BCUT2D eigenvalue weighted by Crippen LogP contribution is -2.48. The van der Waals surface area contributed by atoms with E-state index in [0.717, 1.165) is 10.7 Å². The standard InChI is InChI=1S/C14H27N3O2S/c1-6-18-13(19-7-2)10(17-15)8-12-16-11(9-20-12)14(3,4)5/h9-10,13,17H,6-8,15H2,1-5H3. The molecule has 6 heteroatoms. The second-order valence-electron chi connectivity index (χ2n) is 5.63. The van der Waals surface area contributed by atoms with Gasteiger partial charge in [0, 0.05) is 30.4 Å². The Morgan fingerprint density at radius 2 is 1.90 bits per heavy atom. The molecule has 1 aromatic heterocycles. The van der Waals surface area contributed by atoms with Crippen molar-refractivity contribution in [3.63, 3.8) is 0 Å². The highest BCUT2D eigenvalue weighted by Gasteiger charge is 2.24. The number of rotatable bonds is 8. The van der Waals surface area contributed by atoms with Crippen LogP contribution in [0.3, 0.4) is 0 Å². The maximum Gasteiger partial charge on any atom is 0.174 e. The predicted octanol–water partition coefficient (Wildman–Crippen LogP) is 2.21. The van der Waals surface area contributed by atoms with Gasteiger partial charge in [-0.25, -0.2) is 4.98 Å². The van der Waals surface area contributed by atoms with E-state index >= 15 is 0 Å². The second-order valence-corrected chi connectivity index (χ2v) is 6.58. The number of thiazole rings is 1. The second kappa shape index (κ2) is 8.05. The lowest BCUT2D eigenvalue weighted by molar-refractivity contribution is -0.153. The zero-order valence-corrected chi connectivity index (χ0v) is 13.9. The number of nitrogens with two attached hydrogens (primary N) is 1. The SMILES string of the molecule is CCOC(OCC)C(Cc1nc(C(C)(C)C)cs1)NN. The van der Waals surface area contributed by atoms with Crippen molar-refractivity contribution in [3.05, 3.63) is 16.1 Å². The third-order valence-corrected chi connectivity index (χ3v) is 3.79. The van der Waals surface area contributed by atoms with Crippen molar-refractivity contribution in [2.75, 3.05) is 13.2 Å². The lowest BCUT2D eigenvalue weighted by atomic mass is 9.93. The maximum atomic E-state index is 5.64. The molecule has 1 unspecified atom stereocenters. The van der Waals surface area contributed by atoms with E-state index in [-0.39, 0.29) is 17.7 Å². The Hall–Kier alpha value is -0.530. The van der Waals surface area contributed by atoms with Gasteiger partial charge in [0.25, 0.3) is 0 Å². The summed E-state index contributed by atoms with van der Waals surface area (Å²) >= 11 is 1.66. The summed E-state index contributed by atoms with van der Waals surface area (Å²) in [6, 6.07) is -0.103. The normalized spacial score (nSPS) is 13.9. The van der Waals surface area contributed by atoms with E-state index in [1.54, 1.807) is 11.3 Å². The molecule has 20 heavy (non-hydrogen) atoms. The summed E-state index contributed by atoms with van der Waals surface area (Å²) in [5.74, 6) is 5.64. The van der Waals surface area contributed by atoms with Crippen molar-refractivity contribution in [2.24, 2.45) is 5.84 Å². The molecule has 0 bridgehead atoms. The molecule has 1 atom stereocenters. The van der Waals surface area contributed by atoms with Crippen LogP contribution in [0.2, 0.25) is 0 Å². The Bertz CT molecular complexity index is 384. The fraction of sp³-hybridized carbons (Fsp3) is 0.786. The summed E-state index contributed by atoms with van der Waals surface area (Å²) < 4.78 is 11.2. The molecule has 5 nitrogen and oxygen atoms in total. The molecule has 0 spiro atoms. The molecule has 0 aromatic carbocycles. The van der Waals surface area contributed by atoms with Crippen LogP contribution in [0, 0.1) is 0 Å². The Labute approximate surface area is 125 Å². The van der Waals surface area contributed by atoms with Crippen molar-refractivity contribution >= 4 is 11.3 Å². The molecule has 0 aliphatic carbocycles. The summed E-state index contributed by atoms with van der Waals surface area (Å²) in [4.78, 5) is 4.68. The predicted molar refractivity (Wildman–Crippen MR) is 82.7 cm³/mol. The van der Waals surface area contributed by atoms with Gasteiger partial charge in [-0.05, 0) is 13.8 Å². The van der Waals surface area contributed by atoms with Crippen molar-refractivity contribution in [1.29, 1.82) is 0 Å². The van der Waals surface area contributed by atoms with Crippen LogP contribution in [0.15, 0.2) is 5.38 Å². The molecule has 0 aliphatic rings. The van der Waals surface area contributed by atoms with Gasteiger partial charge in [-0.1, -0.05) is 20.8 Å². The van der Waals surface area contributed by atoms with Crippen molar-refractivity contribution in [1.82, 2.24) is 10.4 Å². The average Bonchev–Trinajstić information content (AvgIpc) is 2.84. The number of nitrogens with zero attached hydrogens (tertiary/aromatic N) is 1. The summed E-state index contributed by atoms with van der Waals surface area (Å²) in [7, 11) is 0. The van der Waals surface area contributed by atoms with Crippen LogP contribution in [0.5, 0.6) is 0 Å². The zero-order valence-electron chi connectivity index (χ0n) is 13.1. The Morgan fingerprint density at radius 3 is 2.30 bits per heavy atom. The van der Waals surface area contributed by atoms with Gasteiger partial charge < -0.3 is 9.47 Å². The Kier molecular flexibility index (Phi) is 7.05. The van der Waals surface area contributed by atoms with Crippen molar-refractivity contribution in [3.8, 4) is 0 Å². The van der Waals surface area contributed by atoms with Crippen LogP contribution >= 0.6 is 11.3 Å². The van der Waals surface area contributed by atoms with Crippen LogP contribution in [-0.4, -0.2) is 30.5 Å². The quantitative estimate of drug-likeness (QED) is 0.438. The van der Waals surface area contributed by atoms with Crippen LogP contribution in [0.1, 0.15) is 45.3 Å². The first kappa shape index (κ1) is 17.5. The van der Waals surface area contributed by atoms with Crippen LogP contribution in [0.25, 0.3) is 0 Å². The fourth-order valence-electron chi connectivity index (χ4n) is 1.78. The lowest BCUT2D eigenvalue weighted by Gasteiger charge is -2.25. The fourth-order valence-corrected chi connectivity index (χ4v) is 2.86. The first-order chi connectivity index (χ1) is 9.42. The minimum Gasteiger partial charge on any atom is -0.351 e. The van der Waals surface area contributed by atoms with Gasteiger partial charge in [-0.2, -0.15) is 0 Å². The molecule has 0 saturated heterocycles. The van der Waals surface area contributed by atoms with Crippen LogP contribution < -0.4 is 11.3 Å². The van der Waals surface area contributed by atoms with Gasteiger partial charge >= 0.3 is 0 Å². The van der Waals surface area contributed by atoms with E-state index in [9.17, 15) is 0 Å². The highest BCUT2D eigenvalue weighted by molar-refractivity contribution is 7.09. The van der Waals surface area contributed by atoms with Gasteiger partial charge in [0.15, 0.2) is 6.29 Å². The van der Waals surface area contributed by atoms with Crippen molar-refractivity contribution < 1.29 is 9.47 Å². The number of hydrogen-bond acceptors (Lipinski definition) is 6. The highest BCUT2D eigenvalue weighted by atomic mass is 32.1. The van der Waals surface area contributed by atoms with E-state index in [1.165, 1.54) is 0 Å². The highest BCUT2D eigenvalue weighted by Crippen LogP contribution is 2.24. The first-order valence-corrected chi connectivity index (χ1v) is 7.94.